The fraction of sp³-hybridized carbons (Fsp3) is 0.412. The van der Waals surface area contributed by atoms with Gasteiger partial charge in [-0.2, -0.15) is 0 Å². The topological polar surface area (TPSA) is 90.3 Å². The third-order valence-corrected chi connectivity index (χ3v) is 3.44. The van der Waals surface area contributed by atoms with Gasteiger partial charge in [-0.1, -0.05) is 26.0 Å². The fourth-order valence-electron chi connectivity index (χ4n) is 2.10. The summed E-state index contributed by atoms with van der Waals surface area (Å²) < 4.78 is 6.06. The first kappa shape index (κ1) is 17.7. The van der Waals surface area contributed by atoms with E-state index in [1.807, 2.05) is 0 Å². The molecule has 1 amide bonds. The highest BCUT2D eigenvalue weighted by atomic mass is 16.5. The fourth-order valence-corrected chi connectivity index (χ4v) is 2.10. The first-order valence-corrected chi connectivity index (χ1v) is 7.84. The smallest absolute Gasteiger partial charge is 0.326 e. The molecule has 0 aliphatic carbocycles. The molecule has 24 heavy (non-hydrogen) atoms. The lowest BCUT2D eigenvalue weighted by molar-refractivity contribution is -0.149. The molecule has 0 spiro atoms. The number of rotatable bonds is 7. The molecule has 0 atom stereocenters. The molecule has 2 rings (SSSR count). The number of aromatic nitrogens is 2. The summed E-state index contributed by atoms with van der Waals surface area (Å²) in [5.74, 6) is -0.527. The summed E-state index contributed by atoms with van der Waals surface area (Å²) in [7, 11) is 0. The number of nitrogens with zero attached hydrogens (tertiary/aromatic N) is 2. The number of hydrogen-bond acceptors (Lipinski definition) is 5. The molecule has 7 nitrogen and oxygen atoms in total. The summed E-state index contributed by atoms with van der Waals surface area (Å²) in [6, 6.07) is 6.89. The third-order valence-electron chi connectivity index (χ3n) is 3.44. The molecule has 7 heteroatoms. The third kappa shape index (κ3) is 4.91. The molecule has 1 aromatic carbocycles. The Balaban J connectivity index is 1.88. The summed E-state index contributed by atoms with van der Waals surface area (Å²) in [5, 5.41) is 3.10. The van der Waals surface area contributed by atoms with Crippen molar-refractivity contribution in [2.75, 3.05) is 13.2 Å². The van der Waals surface area contributed by atoms with Crippen LogP contribution in [0, 0.1) is 5.92 Å². The van der Waals surface area contributed by atoms with Gasteiger partial charge in [0, 0.05) is 6.54 Å². The number of ether oxygens (including phenoxy) is 1. The number of nitrogens with one attached hydrogen (secondary N) is 1. The van der Waals surface area contributed by atoms with Crippen LogP contribution in [0.1, 0.15) is 20.3 Å². The minimum absolute atomic E-state index is 0.282. The van der Waals surface area contributed by atoms with Gasteiger partial charge in [-0.3, -0.25) is 19.0 Å². The molecular weight excluding hydrogens is 310 g/mol. The Bertz CT molecular complexity index is 783. The molecule has 0 radical (unpaired) electrons. The zero-order chi connectivity index (χ0) is 17.5. The van der Waals surface area contributed by atoms with Crippen LogP contribution in [0.4, 0.5) is 0 Å². The predicted octanol–water partition coefficient (Wildman–Crippen LogP) is 1.10. The zero-order valence-corrected chi connectivity index (χ0v) is 13.8. The highest BCUT2D eigenvalue weighted by Gasteiger charge is 2.11. The highest BCUT2D eigenvalue weighted by Crippen LogP contribution is 2.04. The second-order valence-corrected chi connectivity index (χ2v) is 5.89. The lowest BCUT2D eigenvalue weighted by atomic mass is 10.1. The molecule has 0 bridgehead atoms. The quantitative estimate of drug-likeness (QED) is 0.767. The van der Waals surface area contributed by atoms with Gasteiger partial charge in [-0.25, -0.2) is 4.98 Å². The molecule has 0 aliphatic rings. The van der Waals surface area contributed by atoms with E-state index in [1.54, 1.807) is 24.3 Å². The molecule has 0 saturated heterocycles. The number of para-hydroxylation sites is 1. The maximum atomic E-state index is 12.2. The Hall–Kier alpha value is -2.70. The van der Waals surface area contributed by atoms with E-state index in [-0.39, 0.29) is 24.6 Å². The van der Waals surface area contributed by atoms with Gasteiger partial charge < -0.3 is 10.1 Å². The first-order valence-electron chi connectivity index (χ1n) is 7.84. The van der Waals surface area contributed by atoms with Crippen LogP contribution in [-0.4, -0.2) is 34.6 Å². The number of fused-ring (bicyclic) bond motifs is 1. The largest absolute Gasteiger partial charge is 0.454 e. The van der Waals surface area contributed by atoms with Crippen molar-refractivity contribution in [1.82, 2.24) is 14.9 Å². The predicted molar refractivity (Wildman–Crippen MR) is 89.4 cm³/mol. The van der Waals surface area contributed by atoms with E-state index >= 15 is 0 Å². The van der Waals surface area contributed by atoms with Crippen molar-refractivity contribution >= 4 is 22.8 Å². The van der Waals surface area contributed by atoms with Crippen LogP contribution in [0.5, 0.6) is 0 Å². The Morgan fingerprint density at radius 2 is 2.04 bits per heavy atom. The molecule has 2 aromatic rings. The Morgan fingerprint density at radius 1 is 1.29 bits per heavy atom. The highest BCUT2D eigenvalue weighted by molar-refractivity contribution is 5.81. The number of esters is 1. The molecular formula is C17H21N3O4. The maximum Gasteiger partial charge on any atom is 0.326 e. The van der Waals surface area contributed by atoms with Gasteiger partial charge in [0.15, 0.2) is 6.61 Å². The van der Waals surface area contributed by atoms with Crippen LogP contribution < -0.4 is 10.9 Å². The Labute approximate surface area is 139 Å². The van der Waals surface area contributed by atoms with Crippen LogP contribution in [0.3, 0.4) is 0 Å². The van der Waals surface area contributed by atoms with Gasteiger partial charge in [0.2, 0.25) is 0 Å². The molecule has 128 valence electrons. The van der Waals surface area contributed by atoms with Gasteiger partial charge in [-0.15, -0.1) is 0 Å². The van der Waals surface area contributed by atoms with Crippen LogP contribution in [0.2, 0.25) is 0 Å². The van der Waals surface area contributed by atoms with Crippen molar-refractivity contribution in [3.8, 4) is 0 Å². The molecule has 1 aromatic heterocycles. The van der Waals surface area contributed by atoms with Crippen LogP contribution in [0.25, 0.3) is 10.9 Å². The van der Waals surface area contributed by atoms with Crippen molar-refractivity contribution in [3.05, 3.63) is 40.9 Å². The average Bonchev–Trinajstić information content (AvgIpc) is 2.55. The SMILES string of the molecule is CC(C)CCNC(=O)COC(=O)Cn1cnc2ccccc2c1=O. The lowest BCUT2D eigenvalue weighted by Crippen LogP contribution is -2.32. The zero-order valence-electron chi connectivity index (χ0n) is 13.8. The first-order chi connectivity index (χ1) is 11.5. The second-order valence-electron chi connectivity index (χ2n) is 5.89. The summed E-state index contributed by atoms with van der Waals surface area (Å²) in [4.78, 5) is 39.7. The van der Waals surface area contributed by atoms with E-state index in [0.717, 1.165) is 6.42 Å². The minimum Gasteiger partial charge on any atom is -0.454 e. The van der Waals surface area contributed by atoms with Crippen molar-refractivity contribution in [2.45, 2.75) is 26.8 Å². The van der Waals surface area contributed by atoms with E-state index in [4.69, 9.17) is 4.74 Å². The monoisotopic (exact) mass is 331 g/mol. The van der Waals surface area contributed by atoms with Crippen molar-refractivity contribution in [1.29, 1.82) is 0 Å². The van der Waals surface area contributed by atoms with Crippen molar-refractivity contribution in [3.63, 3.8) is 0 Å². The van der Waals surface area contributed by atoms with E-state index in [9.17, 15) is 14.4 Å². The van der Waals surface area contributed by atoms with Gasteiger partial charge in [0.25, 0.3) is 11.5 Å². The average molecular weight is 331 g/mol. The minimum atomic E-state index is -0.659. The molecule has 0 aliphatic heterocycles. The summed E-state index contributed by atoms with van der Waals surface area (Å²) in [6.07, 6.45) is 2.16. The number of carbonyl (C=O) groups excluding carboxylic acids is 2. The van der Waals surface area contributed by atoms with E-state index < -0.39 is 5.97 Å². The number of carbonyl (C=O) groups is 2. The maximum absolute atomic E-state index is 12.2. The number of hydrogen-bond donors (Lipinski definition) is 1. The van der Waals surface area contributed by atoms with E-state index in [0.29, 0.717) is 23.4 Å². The molecule has 1 N–H and O–H groups in total. The summed E-state index contributed by atoms with van der Waals surface area (Å²) >= 11 is 0. The molecule has 0 saturated carbocycles. The molecule has 0 fully saturated rings. The van der Waals surface area contributed by atoms with Crippen molar-refractivity contribution < 1.29 is 14.3 Å². The number of amides is 1. The lowest BCUT2D eigenvalue weighted by Gasteiger charge is -2.09. The van der Waals surface area contributed by atoms with Gasteiger partial charge >= 0.3 is 5.97 Å². The van der Waals surface area contributed by atoms with E-state index in [2.05, 4.69) is 24.1 Å². The standard InChI is InChI=1S/C17H21N3O4/c1-12(2)7-8-18-15(21)10-24-16(22)9-20-11-19-14-6-4-3-5-13(14)17(20)23/h3-6,11-12H,7-10H2,1-2H3,(H,18,21). The van der Waals surface area contributed by atoms with Gasteiger partial charge in [0.1, 0.15) is 6.54 Å². The summed E-state index contributed by atoms with van der Waals surface area (Å²) in [6.45, 7) is 4.02. The van der Waals surface area contributed by atoms with Crippen LogP contribution in [-0.2, 0) is 20.9 Å². The normalized spacial score (nSPS) is 10.8. The van der Waals surface area contributed by atoms with Gasteiger partial charge in [0.05, 0.1) is 17.2 Å². The molecule has 1 heterocycles. The Morgan fingerprint density at radius 3 is 2.79 bits per heavy atom. The summed E-state index contributed by atoms with van der Waals surface area (Å²) in [5.41, 5.74) is 0.246. The van der Waals surface area contributed by atoms with Crippen molar-refractivity contribution in [2.24, 2.45) is 5.92 Å². The molecule has 0 unspecified atom stereocenters. The number of benzene rings is 1. The van der Waals surface area contributed by atoms with Gasteiger partial charge in [-0.05, 0) is 24.5 Å². The van der Waals surface area contributed by atoms with Crippen LogP contribution in [0.15, 0.2) is 35.4 Å². The second kappa shape index (κ2) is 8.24. The van der Waals surface area contributed by atoms with Crippen LogP contribution >= 0.6 is 0 Å². The Kier molecular flexibility index (Phi) is 6.06. The van der Waals surface area contributed by atoms with E-state index in [1.165, 1.54) is 10.9 Å².